The Hall–Kier alpha value is -5.31. The summed E-state index contributed by atoms with van der Waals surface area (Å²) in [5, 5.41) is 8.95. The molecule has 3 aliphatic heterocycles. The number of guanidine groups is 1. The van der Waals surface area contributed by atoms with Gasteiger partial charge in [-0.25, -0.2) is 4.79 Å². The van der Waals surface area contributed by atoms with Gasteiger partial charge in [-0.2, -0.15) is 0 Å². The summed E-state index contributed by atoms with van der Waals surface area (Å²) in [7, 11) is 0. The van der Waals surface area contributed by atoms with Gasteiger partial charge in [-0.15, -0.1) is 0 Å². The number of rotatable bonds is 15. The van der Waals surface area contributed by atoms with Gasteiger partial charge in [0.1, 0.15) is 12.6 Å². The molecule has 0 aromatic heterocycles. The summed E-state index contributed by atoms with van der Waals surface area (Å²) in [6, 6.07) is 11.0. The van der Waals surface area contributed by atoms with Crippen LogP contribution in [0.2, 0.25) is 0 Å². The average Bonchev–Trinajstić information content (AvgIpc) is 3.83. The number of nitrogens with two attached hydrogens (primary N) is 2. The minimum absolute atomic E-state index is 0.0102. The molecule has 0 spiro atoms. The van der Waals surface area contributed by atoms with E-state index in [1.807, 2.05) is 18.2 Å². The van der Waals surface area contributed by atoms with E-state index in [0.717, 1.165) is 31.2 Å². The number of hydrogen-bond acceptors (Lipinski definition) is 10. The van der Waals surface area contributed by atoms with Crippen LogP contribution in [0.4, 0.5) is 10.5 Å². The topological polar surface area (TPSA) is 225 Å². The van der Waals surface area contributed by atoms with Crippen molar-refractivity contribution < 1.29 is 38.2 Å². The predicted octanol–water partition coefficient (Wildman–Crippen LogP) is 2.09. The number of benzene rings is 2. The first-order valence-electron chi connectivity index (χ1n) is 17.9. The predicted molar refractivity (Wildman–Crippen MR) is 189 cm³/mol. The third-order valence-corrected chi connectivity index (χ3v) is 10.6. The second kappa shape index (κ2) is 16.4. The molecule has 15 nitrogen and oxygen atoms in total. The van der Waals surface area contributed by atoms with Gasteiger partial charge >= 0.3 is 6.09 Å². The molecule has 1 saturated carbocycles. The van der Waals surface area contributed by atoms with E-state index in [-0.39, 0.29) is 74.3 Å². The largest absolute Gasteiger partial charge is 0.451 e. The number of Topliss-reactive ketones (excluding diaryl/α,β-unsaturated/α-hetero) is 2. The Bertz CT molecular complexity index is 1700. The molecule has 1 aliphatic carbocycles. The third kappa shape index (κ3) is 7.93. The zero-order valence-corrected chi connectivity index (χ0v) is 28.8. The van der Waals surface area contributed by atoms with Gasteiger partial charge < -0.3 is 36.9 Å². The average molecular weight is 716 g/mol. The van der Waals surface area contributed by atoms with Crippen molar-refractivity contribution in [1.82, 2.24) is 15.5 Å². The zero-order valence-electron chi connectivity index (χ0n) is 28.8. The summed E-state index contributed by atoms with van der Waals surface area (Å²) in [6.45, 7) is 0.286. The number of amides is 3. The lowest BCUT2D eigenvalue weighted by atomic mass is 9.83. The maximum atomic E-state index is 14.5. The molecular weight excluding hydrogens is 670 g/mol. The summed E-state index contributed by atoms with van der Waals surface area (Å²) >= 11 is 0. The molecule has 3 fully saturated rings. The van der Waals surface area contributed by atoms with Gasteiger partial charge in [0.25, 0.3) is 12.4 Å². The minimum Gasteiger partial charge on any atom is -0.451 e. The Morgan fingerprint density at radius 3 is 2.56 bits per heavy atom. The van der Waals surface area contributed by atoms with E-state index < -0.39 is 53.8 Å². The number of hydrogen-bond donors (Lipinski definition) is 5. The molecule has 2 saturated heterocycles. The maximum absolute atomic E-state index is 14.5. The number of ether oxygens (including phenoxy) is 2. The number of likely N-dealkylation sites (tertiary alicyclic amines) is 1. The Balaban J connectivity index is 1.27. The number of anilines is 1. The monoisotopic (exact) mass is 715 g/mol. The second-order valence-electron chi connectivity index (χ2n) is 13.8. The van der Waals surface area contributed by atoms with Crippen molar-refractivity contribution in [2.24, 2.45) is 28.3 Å². The Morgan fingerprint density at radius 2 is 1.83 bits per heavy atom. The van der Waals surface area contributed by atoms with Gasteiger partial charge in [0, 0.05) is 35.9 Å². The molecule has 2 bridgehead atoms. The number of nitrogens with zero attached hydrogens (tertiary/aromatic N) is 2. The quantitative estimate of drug-likeness (QED) is 0.0777. The first-order valence-corrected chi connectivity index (χ1v) is 17.9. The first-order chi connectivity index (χ1) is 25.2. The normalized spacial score (nSPS) is 24.2. The van der Waals surface area contributed by atoms with Crippen LogP contribution in [-0.4, -0.2) is 84.1 Å². The molecule has 5 unspecified atom stereocenters. The van der Waals surface area contributed by atoms with Gasteiger partial charge in [0.15, 0.2) is 23.6 Å². The van der Waals surface area contributed by atoms with Crippen LogP contribution in [0.5, 0.6) is 0 Å². The van der Waals surface area contributed by atoms with Gasteiger partial charge in [-0.1, -0.05) is 49.2 Å². The van der Waals surface area contributed by atoms with Crippen molar-refractivity contribution in [2.45, 2.75) is 88.2 Å². The second-order valence-corrected chi connectivity index (χ2v) is 13.8. The van der Waals surface area contributed by atoms with Crippen LogP contribution in [0.1, 0.15) is 79.0 Å². The Kier molecular flexibility index (Phi) is 11.5. The highest BCUT2D eigenvalue weighted by atomic mass is 16.6. The molecular formula is C37H45N7O8. The smallest absolute Gasteiger partial charge is 0.410 e. The van der Waals surface area contributed by atoms with Crippen molar-refractivity contribution in [3.63, 3.8) is 0 Å². The van der Waals surface area contributed by atoms with Gasteiger partial charge in [0.05, 0.1) is 18.0 Å². The highest BCUT2D eigenvalue weighted by molar-refractivity contribution is 6.13. The maximum Gasteiger partial charge on any atom is 0.410 e. The van der Waals surface area contributed by atoms with E-state index in [4.69, 9.17) is 20.9 Å². The fraction of sp³-hybridized carbons (Fsp3) is 0.486. The van der Waals surface area contributed by atoms with Crippen molar-refractivity contribution in [3.8, 4) is 0 Å². The first kappa shape index (κ1) is 36.5. The van der Waals surface area contributed by atoms with Crippen LogP contribution in [0.25, 0.3) is 0 Å². The van der Waals surface area contributed by atoms with E-state index in [2.05, 4.69) is 20.9 Å². The number of aliphatic imine (C=N–C) groups is 1. The highest BCUT2D eigenvalue weighted by Gasteiger charge is 2.50. The van der Waals surface area contributed by atoms with E-state index >= 15 is 0 Å². The summed E-state index contributed by atoms with van der Waals surface area (Å²) in [4.78, 5) is 86.1. The number of ketones is 2. The molecule has 3 heterocycles. The Morgan fingerprint density at radius 1 is 1.04 bits per heavy atom. The SMILES string of the molecule is NC(N)=NCCC[C@H](NC(=O)[C@@H]1C(C(=O)C2CC3CCCCC3N2)CCN1C(=O)OCc1ccccc1)C(=O)C(OC=O)c1c2cccc1C(=O)N2. The molecule has 2 aromatic rings. The molecule has 2 aromatic carbocycles. The molecule has 0 radical (unpaired) electrons. The van der Waals surface area contributed by atoms with Crippen LogP contribution in [-0.2, 0) is 35.3 Å². The standard InChI is InChI=1S/C37H45N7O8/c38-36(39)40-16-7-14-27(32(47)33(52-20-45)29-23-11-6-13-26(29)42-34(23)48)43-35(49)30-24(31(46)28-18-22-10-4-5-12-25(22)41-28)15-17-44(30)37(50)51-19-21-8-2-1-3-9-21/h1-3,6,8-9,11,13,20,22,24-25,27-28,30,33,41H,4-5,7,10,12,14-19H2,(H,42,48)(H,43,49)(H4,38,39,40)/t22?,24?,25?,27-,28?,30-,33?/m0/s1. The van der Waals surface area contributed by atoms with Crippen LogP contribution >= 0.6 is 0 Å². The molecule has 7 atom stereocenters. The van der Waals surface area contributed by atoms with E-state index in [9.17, 15) is 28.8 Å². The number of carbonyl (C=O) groups excluding carboxylic acids is 6. The number of nitrogens with one attached hydrogen (secondary N) is 3. The van der Waals surface area contributed by atoms with Crippen LogP contribution < -0.4 is 27.4 Å². The van der Waals surface area contributed by atoms with Crippen molar-refractivity contribution >= 4 is 47.6 Å². The molecule has 3 amide bonds. The van der Waals surface area contributed by atoms with E-state index in [1.165, 1.54) is 11.0 Å². The van der Waals surface area contributed by atoms with E-state index in [0.29, 0.717) is 18.0 Å². The number of fused-ring (bicyclic) bond motifs is 3. The summed E-state index contributed by atoms with van der Waals surface area (Å²) < 4.78 is 10.9. The number of carbonyl (C=O) groups is 6. The molecule has 52 heavy (non-hydrogen) atoms. The summed E-state index contributed by atoms with van der Waals surface area (Å²) in [5.74, 6) is -2.70. The molecule has 4 aliphatic rings. The fourth-order valence-electron chi connectivity index (χ4n) is 8.12. The lowest BCUT2D eigenvalue weighted by Gasteiger charge is -2.30. The van der Waals surface area contributed by atoms with E-state index in [1.54, 1.807) is 24.3 Å². The molecule has 15 heteroatoms. The fourth-order valence-corrected chi connectivity index (χ4v) is 8.12. The van der Waals surface area contributed by atoms with Gasteiger partial charge in [-0.3, -0.25) is 33.9 Å². The van der Waals surface area contributed by atoms with Gasteiger partial charge in [-0.05, 0) is 62.1 Å². The van der Waals surface area contributed by atoms with Gasteiger partial charge in [0.2, 0.25) is 5.91 Å². The third-order valence-electron chi connectivity index (χ3n) is 10.6. The van der Waals surface area contributed by atoms with Crippen molar-refractivity contribution in [3.05, 3.63) is 65.2 Å². The Labute approximate surface area is 301 Å². The van der Waals surface area contributed by atoms with Crippen molar-refractivity contribution in [1.29, 1.82) is 0 Å². The molecule has 7 N–H and O–H groups in total. The minimum atomic E-state index is -1.55. The van der Waals surface area contributed by atoms with Crippen LogP contribution in [0.15, 0.2) is 53.5 Å². The van der Waals surface area contributed by atoms with Crippen LogP contribution in [0.3, 0.4) is 0 Å². The molecule has 6 rings (SSSR count). The lowest BCUT2D eigenvalue weighted by Crippen LogP contribution is -2.55. The zero-order chi connectivity index (χ0) is 36.8. The summed E-state index contributed by atoms with van der Waals surface area (Å²) in [5.41, 5.74) is 12.4. The van der Waals surface area contributed by atoms with Crippen LogP contribution in [0, 0.1) is 11.8 Å². The molecule has 276 valence electrons. The lowest BCUT2D eigenvalue weighted by molar-refractivity contribution is -0.146. The van der Waals surface area contributed by atoms with Crippen molar-refractivity contribution in [2.75, 3.05) is 18.4 Å². The summed E-state index contributed by atoms with van der Waals surface area (Å²) in [6.07, 6.45) is 3.06. The highest BCUT2D eigenvalue weighted by Crippen LogP contribution is 2.38.